The average molecular weight is 361 g/mol. The molecule has 0 aliphatic carbocycles. The van der Waals surface area contributed by atoms with Crippen LogP contribution in [0.5, 0.6) is 11.5 Å². The molecular formula is C18H23N3O5. The predicted molar refractivity (Wildman–Crippen MR) is 95.7 cm³/mol. The summed E-state index contributed by atoms with van der Waals surface area (Å²) < 4.78 is 17.2. The molecule has 0 saturated heterocycles. The molecule has 8 heteroatoms. The van der Waals surface area contributed by atoms with Gasteiger partial charge in [0.2, 0.25) is 0 Å². The van der Waals surface area contributed by atoms with Crippen LogP contribution in [0.15, 0.2) is 18.2 Å². The standard InChI is InChI=1S/C18H23N3O5/c1-10-16(11(2)21(4)20-10)19-17(22)12(3)26-18(23)13-7-8-14(24-5)15(9-13)25-6/h7-9,12H,1-6H3,(H,19,22)/t12-/m0/s1. The van der Waals surface area contributed by atoms with Crippen LogP contribution in [0, 0.1) is 13.8 Å². The van der Waals surface area contributed by atoms with Gasteiger partial charge in [-0.15, -0.1) is 0 Å². The van der Waals surface area contributed by atoms with E-state index in [1.807, 2.05) is 6.92 Å². The number of hydrogen-bond acceptors (Lipinski definition) is 6. The Morgan fingerprint density at radius 3 is 2.35 bits per heavy atom. The highest BCUT2D eigenvalue weighted by atomic mass is 16.5. The summed E-state index contributed by atoms with van der Waals surface area (Å²) in [6.45, 7) is 5.15. The molecule has 0 saturated carbocycles. The second-order valence-corrected chi connectivity index (χ2v) is 5.78. The van der Waals surface area contributed by atoms with Crippen LogP contribution in [0.3, 0.4) is 0 Å². The summed E-state index contributed by atoms with van der Waals surface area (Å²) in [5.41, 5.74) is 2.38. The molecule has 0 aliphatic heterocycles. The summed E-state index contributed by atoms with van der Waals surface area (Å²) in [4.78, 5) is 24.6. The Morgan fingerprint density at radius 1 is 1.15 bits per heavy atom. The molecule has 2 aromatic rings. The van der Waals surface area contributed by atoms with Gasteiger partial charge in [0.1, 0.15) is 0 Å². The molecule has 140 valence electrons. The first-order chi connectivity index (χ1) is 12.3. The molecule has 0 spiro atoms. The van der Waals surface area contributed by atoms with Crippen molar-refractivity contribution in [2.75, 3.05) is 19.5 Å². The van der Waals surface area contributed by atoms with Gasteiger partial charge in [-0.2, -0.15) is 5.10 Å². The number of esters is 1. The third kappa shape index (κ3) is 3.96. The summed E-state index contributed by atoms with van der Waals surface area (Å²) in [5, 5.41) is 6.99. The second-order valence-electron chi connectivity index (χ2n) is 5.78. The molecule has 0 unspecified atom stereocenters. The Kier molecular flexibility index (Phi) is 5.86. The van der Waals surface area contributed by atoms with E-state index < -0.39 is 18.0 Å². The first-order valence-electron chi connectivity index (χ1n) is 8.02. The van der Waals surface area contributed by atoms with Crippen molar-refractivity contribution in [1.29, 1.82) is 0 Å². The minimum absolute atomic E-state index is 0.260. The van der Waals surface area contributed by atoms with Crippen molar-refractivity contribution in [3.8, 4) is 11.5 Å². The number of carbonyl (C=O) groups excluding carboxylic acids is 2. The lowest BCUT2D eigenvalue weighted by Crippen LogP contribution is -2.30. The third-order valence-corrected chi connectivity index (χ3v) is 4.03. The average Bonchev–Trinajstić information content (AvgIpc) is 2.86. The van der Waals surface area contributed by atoms with Crippen LogP contribution in [0.2, 0.25) is 0 Å². The summed E-state index contributed by atoms with van der Waals surface area (Å²) >= 11 is 0. The van der Waals surface area contributed by atoms with Crippen LogP contribution < -0.4 is 14.8 Å². The number of anilines is 1. The first-order valence-corrected chi connectivity index (χ1v) is 8.02. The van der Waals surface area contributed by atoms with E-state index in [9.17, 15) is 9.59 Å². The molecule has 1 heterocycles. The van der Waals surface area contributed by atoms with Gasteiger partial charge in [-0.05, 0) is 39.0 Å². The van der Waals surface area contributed by atoms with Crippen molar-refractivity contribution in [1.82, 2.24) is 9.78 Å². The lowest BCUT2D eigenvalue weighted by molar-refractivity contribution is -0.123. The number of carbonyl (C=O) groups is 2. The van der Waals surface area contributed by atoms with E-state index in [1.54, 1.807) is 30.8 Å². The second kappa shape index (κ2) is 7.90. The molecule has 1 N–H and O–H groups in total. The van der Waals surface area contributed by atoms with E-state index in [2.05, 4.69) is 10.4 Å². The van der Waals surface area contributed by atoms with Gasteiger partial charge in [0.25, 0.3) is 5.91 Å². The molecule has 0 radical (unpaired) electrons. The fraction of sp³-hybridized carbons (Fsp3) is 0.389. The Morgan fingerprint density at radius 2 is 1.81 bits per heavy atom. The fourth-order valence-electron chi connectivity index (χ4n) is 2.42. The van der Waals surface area contributed by atoms with Crippen LogP contribution in [-0.4, -0.2) is 42.0 Å². The van der Waals surface area contributed by atoms with E-state index >= 15 is 0 Å². The van der Waals surface area contributed by atoms with Gasteiger partial charge in [0.15, 0.2) is 17.6 Å². The molecule has 1 aromatic heterocycles. The maximum atomic E-state index is 12.3. The number of aryl methyl sites for hydroxylation is 2. The van der Waals surface area contributed by atoms with Gasteiger partial charge in [-0.3, -0.25) is 9.48 Å². The van der Waals surface area contributed by atoms with Crippen molar-refractivity contribution >= 4 is 17.6 Å². The predicted octanol–water partition coefficient (Wildman–Crippen LogP) is 2.24. The highest BCUT2D eigenvalue weighted by molar-refractivity contribution is 5.98. The van der Waals surface area contributed by atoms with Crippen molar-refractivity contribution < 1.29 is 23.8 Å². The Hall–Kier alpha value is -3.03. The van der Waals surface area contributed by atoms with Crippen molar-refractivity contribution in [3.63, 3.8) is 0 Å². The molecule has 1 amide bonds. The number of ether oxygens (including phenoxy) is 3. The van der Waals surface area contributed by atoms with E-state index in [-0.39, 0.29) is 5.56 Å². The quantitative estimate of drug-likeness (QED) is 0.794. The minimum atomic E-state index is -0.977. The van der Waals surface area contributed by atoms with Crippen molar-refractivity contribution in [3.05, 3.63) is 35.2 Å². The van der Waals surface area contributed by atoms with Gasteiger partial charge in [0, 0.05) is 7.05 Å². The Balaban J connectivity index is 2.07. The molecule has 8 nitrogen and oxygen atoms in total. The number of benzene rings is 1. The van der Waals surface area contributed by atoms with Crippen LogP contribution >= 0.6 is 0 Å². The summed E-state index contributed by atoms with van der Waals surface area (Å²) in [6, 6.07) is 4.65. The van der Waals surface area contributed by atoms with Crippen molar-refractivity contribution in [2.45, 2.75) is 26.9 Å². The molecule has 1 atom stereocenters. The van der Waals surface area contributed by atoms with Crippen LogP contribution in [0.4, 0.5) is 5.69 Å². The number of aromatic nitrogens is 2. The lowest BCUT2D eigenvalue weighted by atomic mass is 10.2. The molecule has 0 bridgehead atoms. The molecule has 2 rings (SSSR count). The van der Waals surface area contributed by atoms with Gasteiger partial charge in [-0.1, -0.05) is 0 Å². The molecule has 1 aromatic carbocycles. The van der Waals surface area contributed by atoms with Crippen molar-refractivity contribution in [2.24, 2.45) is 7.05 Å². The van der Waals surface area contributed by atoms with E-state index in [0.717, 1.165) is 5.69 Å². The molecule has 26 heavy (non-hydrogen) atoms. The Bertz CT molecular complexity index is 828. The maximum Gasteiger partial charge on any atom is 0.339 e. The lowest BCUT2D eigenvalue weighted by Gasteiger charge is -2.14. The van der Waals surface area contributed by atoms with Gasteiger partial charge < -0.3 is 19.5 Å². The zero-order valence-corrected chi connectivity index (χ0v) is 15.7. The fourth-order valence-corrected chi connectivity index (χ4v) is 2.42. The monoisotopic (exact) mass is 361 g/mol. The van der Waals surface area contributed by atoms with E-state index in [4.69, 9.17) is 14.2 Å². The zero-order valence-electron chi connectivity index (χ0n) is 15.7. The van der Waals surface area contributed by atoms with Gasteiger partial charge in [0.05, 0.1) is 36.9 Å². The number of hydrogen-bond donors (Lipinski definition) is 1. The number of amides is 1. The molecular weight excluding hydrogens is 338 g/mol. The number of nitrogens with one attached hydrogen (secondary N) is 1. The minimum Gasteiger partial charge on any atom is -0.493 e. The highest BCUT2D eigenvalue weighted by Crippen LogP contribution is 2.28. The topological polar surface area (TPSA) is 91.7 Å². The van der Waals surface area contributed by atoms with Gasteiger partial charge >= 0.3 is 5.97 Å². The maximum absolute atomic E-state index is 12.3. The normalized spacial score (nSPS) is 11.6. The largest absolute Gasteiger partial charge is 0.493 e. The SMILES string of the molecule is COc1ccc(C(=O)O[C@@H](C)C(=O)Nc2c(C)nn(C)c2C)cc1OC. The van der Waals surface area contributed by atoms with E-state index in [0.29, 0.717) is 22.9 Å². The number of rotatable bonds is 6. The zero-order chi connectivity index (χ0) is 19.4. The van der Waals surface area contributed by atoms with Crippen LogP contribution in [0.1, 0.15) is 28.7 Å². The smallest absolute Gasteiger partial charge is 0.339 e. The Labute approximate surface area is 152 Å². The van der Waals surface area contributed by atoms with E-state index in [1.165, 1.54) is 27.2 Å². The van der Waals surface area contributed by atoms with Crippen LogP contribution in [0.25, 0.3) is 0 Å². The first kappa shape index (κ1) is 19.3. The summed E-state index contributed by atoms with van der Waals surface area (Å²) in [6.07, 6.45) is -0.977. The summed E-state index contributed by atoms with van der Waals surface area (Å²) in [7, 11) is 4.77. The highest BCUT2D eigenvalue weighted by Gasteiger charge is 2.22. The number of nitrogens with zero attached hydrogens (tertiary/aromatic N) is 2. The van der Waals surface area contributed by atoms with Crippen LogP contribution in [-0.2, 0) is 16.6 Å². The molecule has 0 aliphatic rings. The number of methoxy groups -OCH3 is 2. The van der Waals surface area contributed by atoms with Gasteiger partial charge in [-0.25, -0.2) is 4.79 Å². The summed E-state index contributed by atoms with van der Waals surface area (Å²) in [5.74, 6) is -0.163. The molecule has 0 fully saturated rings. The third-order valence-electron chi connectivity index (χ3n) is 4.03.